The number of rotatable bonds is 3. The molecule has 0 saturated heterocycles. The van der Waals surface area contributed by atoms with E-state index in [1.54, 1.807) is 0 Å². The molecule has 0 aliphatic carbocycles. The van der Waals surface area contributed by atoms with E-state index in [9.17, 15) is 4.79 Å². The molecule has 0 fully saturated rings. The summed E-state index contributed by atoms with van der Waals surface area (Å²) >= 11 is 0. The van der Waals surface area contributed by atoms with E-state index < -0.39 is 0 Å². The van der Waals surface area contributed by atoms with Gasteiger partial charge in [-0.2, -0.15) is 5.10 Å². The van der Waals surface area contributed by atoms with Crippen LogP contribution < -0.4 is 5.56 Å². The zero-order valence-electron chi connectivity index (χ0n) is 12.3. The van der Waals surface area contributed by atoms with Gasteiger partial charge in [0, 0.05) is 10.9 Å². The Morgan fingerprint density at radius 2 is 1.76 bits per heavy atom. The van der Waals surface area contributed by atoms with Gasteiger partial charge in [0.05, 0.1) is 11.1 Å². The summed E-state index contributed by atoms with van der Waals surface area (Å²) in [6.45, 7) is 4.28. The van der Waals surface area contributed by atoms with Gasteiger partial charge in [0.1, 0.15) is 0 Å². The molecule has 2 aromatic carbocycles. The van der Waals surface area contributed by atoms with E-state index in [0.717, 1.165) is 29.5 Å². The molecule has 3 rings (SSSR count). The van der Waals surface area contributed by atoms with Gasteiger partial charge in [0.15, 0.2) is 0 Å². The fourth-order valence-corrected chi connectivity index (χ4v) is 2.69. The second-order valence-corrected chi connectivity index (χ2v) is 5.15. The summed E-state index contributed by atoms with van der Waals surface area (Å²) < 4.78 is 0. The number of nitrogens with one attached hydrogen (secondary N) is 1. The van der Waals surface area contributed by atoms with Gasteiger partial charge in [0.2, 0.25) is 0 Å². The molecule has 106 valence electrons. The Labute approximate surface area is 123 Å². The molecule has 3 aromatic rings. The smallest absolute Gasteiger partial charge is 0.267 e. The van der Waals surface area contributed by atoms with Crippen molar-refractivity contribution in [2.24, 2.45) is 0 Å². The summed E-state index contributed by atoms with van der Waals surface area (Å²) in [5.41, 5.74) is 4.36. The Morgan fingerprint density at radius 3 is 2.48 bits per heavy atom. The molecule has 0 amide bonds. The van der Waals surface area contributed by atoms with Crippen LogP contribution in [0.25, 0.3) is 22.0 Å². The number of benzene rings is 2. The Kier molecular flexibility index (Phi) is 3.57. The van der Waals surface area contributed by atoms with Crippen LogP contribution in [0, 0.1) is 0 Å². The molecule has 0 bridgehead atoms. The normalized spacial score (nSPS) is 11.0. The molecule has 1 heterocycles. The first-order valence-electron chi connectivity index (χ1n) is 7.34. The van der Waals surface area contributed by atoms with Crippen LogP contribution in [0.1, 0.15) is 25.0 Å². The number of H-pyrrole nitrogens is 1. The SMILES string of the molecule is CCc1ccc(CC)c(-c2n[nH]c(=O)c3ccccc23)c1. The molecule has 0 aliphatic rings. The fourth-order valence-electron chi connectivity index (χ4n) is 2.69. The molecular formula is C18H18N2O. The highest BCUT2D eigenvalue weighted by molar-refractivity contribution is 5.94. The minimum absolute atomic E-state index is 0.140. The van der Waals surface area contributed by atoms with Gasteiger partial charge < -0.3 is 0 Å². The summed E-state index contributed by atoms with van der Waals surface area (Å²) in [5.74, 6) is 0. The van der Waals surface area contributed by atoms with E-state index in [1.807, 2.05) is 24.3 Å². The van der Waals surface area contributed by atoms with Crippen molar-refractivity contribution in [3.63, 3.8) is 0 Å². The minimum Gasteiger partial charge on any atom is -0.267 e. The second-order valence-electron chi connectivity index (χ2n) is 5.15. The average Bonchev–Trinajstić information content (AvgIpc) is 2.55. The highest BCUT2D eigenvalue weighted by Gasteiger charge is 2.12. The van der Waals surface area contributed by atoms with Gasteiger partial charge in [-0.15, -0.1) is 0 Å². The van der Waals surface area contributed by atoms with Crippen molar-refractivity contribution in [1.29, 1.82) is 0 Å². The van der Waals surface area contributed by atoms with Crippen molar-refractivity contribution in [3.8, 4) is 11.3 Å². The Morgan fingerprint density at radius 1 is 1.00 bits per heavy atom. The largest absolute Gasteiger partial charge is 0.272 e. The third-order valence-electron chi connectivity index (χ3n) is 3.91. The third-order valence-corrected chi connectivity index (χ3v) is 3.91. The monoisotopic (exact) mass is 278 g/mol. The summed E-state index contributed by atoms with van der Waals surface area (Å²) in [4.78, 5) is 11.9. The van der Waals surface area contributed by atoms with Crippen LogP contribution in [0.2, 0.25) is 0 Å². The molecule has 1 N–H and O–H groups in total. The van der Waals surface area contributed by atoms with Gasteiger partial charge in [-0.3, -0.25) is 4.79 Å². The van der Waals surface area contributed by atoms with Gasteiger partial charge in [0.25, 0.3) is 5.56 Å². The molecule has 0 spiro atoms. The zero-order valence-corrected chi connectivity index (χ0v) is 12.3. The van der Waals surface area contributed by atoms with Crippen LogP contribution >= 0.6 is 0 Å². The summed E-state index contributed by atoms with van der Waals surface area (Å²) in [6.07, 6.45) is 1.92. The summed E-state index contributed by atoms with van der Waals surface area (Å²) in [7, 11) is 0. The van der Waals surface area contributed by atoms with E-state index in [1.165, 1.54) is 11.1 Å². The molecular weight excluding hydrogens is 260 g/mol. The lowest BCUT2D eigenvalue weighted by molar-refractivity contribution is 1.01. The zero-order chi connectivity index (χ0) is 14.8. The van der Waals surface area contributed by atoms with E-state index >= 15 is 0 Å². The van der Waals surface area contributed by atoms with Gasteiger partial charge in [-0.05, 0) is 36.1 Å². The minimum atomic E-state index is -0.140. The van der Waals surface area contributed by atoms with Crippen LogP contribution in [-0.4, -0.2) is 10.2 Å². The first-order valence-corrected chi connectivity index (χ1v) is 7.34. The van der Waals surface area contributed by atoms with Gasteiger partial charge in [-0.1, -0.05) is 44.2 Å². The predicted octanol–water partition coefficient (Wildman–Crippen LogP) is 3.71. The van der Waals surface area contributed by atoms with E-state index in [4.69, 9.17) is 0 Å². The van der Waals surface area contributed by atoms with Crippen molar-refractivity contribution < 1.29 is 0 Å². The number of aromatic amines is 1. The fraction of sp³-hybridized carbons (Fsp3) is 0.222. The summed E-state index contributed by atoms with van der Waals surface area (Å²) in [5, 5.41) is 8.54. The highest BCUT2D eigenvalue weighted by atomic mass is 16.1. The molecule has 0 aliphatic heterocycles. The molecule has 21 heavy (non-hydrogen) atoms. The van der Waals surface area contributed by atoms with Crippen molar-refractivity contribution in [2.45, 2.75) is 26.7 Å². The van der Waals surface area contributed by atoms with Crippen LogP contribution in [0.3, 0.4) is 0 Å². The lowest BCUT2D eigenvalue weighted by atomic mass is 9.96. The first kappa shape index (κ1) is 13.6. The van der Waals surface area contributed by atoms with Gasteiger partial charge in [-0.25, -0.2) is 5.10 Å². The Balaban J connectivity index is 2.35. The maximum atomic E-state index is 11.9. The highest BCUT2D eigenvalue weighted by Crippen LogP contribution is 2.28. The van der Waals surface area contributed by atoms with Crippen molar-refractivity contribution in [2.75, 3.05) is 0 Å². The van der Waals surface area contributed by atoms with Crippen LogP contribution in [-0.2, 0) is 12.8 Å². The molecule has 1 aromatic heterocycles. The molecule has 0 radical (unpaired) electrons. The van der Waals surface area contributed by atoms with Crippen LogP contribution in [0.5, 0.6) is 0 Å². The summed E-state index contributed by atoms with van der Waals surface area (Å²) in [6, 6.07) is 14.1. The second kappa shape index (κ2) is 5.52. The molecule has 0 unspecified atom stereocenters. The standard InChI is InChI=1S/C18H18N2O/c1-3-12-9-10-13(4-2)16(11-12)17-14-7-5-6-8-15(14)18(21)20-19-17/h5-11H,3-4H2,1-2H3,(H,20,21). The third kappa shape index (κ3) is 2.35. The number of fused-ring (bicyclic) bond motifs is 1. The Bertz CT molecular complexity index is 849. The van der Waals surface area contributed by atoms with E-state index in [-0.39, 0.29) is 5.56 Å². The molecule has 0 atom stereocenters. The number of aryl methyl sites for hydroxylation is 2. The maximum absolute atomic E-state index is 11.9. The first-order chi connectivity index (χ1) is 10.2. The van der Waals surface area contributed by atoms with Crippen molar-refractivity contribution in [1.82, 2.24) is 10.2 Å². The van der Waals surface area contributed by atoms with Crippen LogP contribution in [0.15, 0.2) is 47.3 Å². The molecule has 0 saturated carbocycles. The predicted molar refractivity (Wildman–Crippen MR) is 86.6 cm³/mol. The lowest BCUT2D eigenvalue weighted by Crippen LogP contribution is -2.09. The van der Waals surface area contributed by atoms with Crippen molar-refractivity contribution >= 4 is 10.8 Å². The number of nitrogens with zero attached hydrogens (tertiary/aromatic N) is 1. The Hall–Kier alpha value is -2.42. The molecule has 3 nitrogen and oxygen atoms in total. The van der Waals surface area contributed by atoms with Crippen molar-refractivity contribution in [3.05, 3.63) is 63.9 Å². The number of hydrogen-bond acceptors (Lipinski definition) is 2. The topological polar surface area (TPSA) is 45.8 Å². The van der Waals surface area contributed by atoms with E-state index in [2.05, 4.69) is 42.2 Å². The molecule has 3 heteroatoms. The van der Waals surface area contributed by atoms with E-state index in [0.29, 0.717) is 5.39 Å². The van der Waals surface area contributed by atoms with Crippen LogP contribution in [0.4, 0.5) is 0 Å². The lowest BCUT2D eigenvalue weighted by Gasteiger charge is -2.11. The van der Waals surface area contributed by atoms with Gasteiger partial charge >= 0.3 is 0 Å². The average molecular weight is 278 g/mol. The maximum Gasteiger partial charge on any atom is 0.272 e. The quantitative estimate of drug-likeness (QED) is 0.793. The number of aromatic nitrogens is 2. The number of hydrogen-bond donors (Lipinski definition) is 1.